The summed E-state index contributed by atoms with van der Waals surface area (Å²) in [5, 5.41) is 4.99. The van der Waals surface area contributed by atoms with Crippen molar-refractivity contribution in [3.05, 3.63) is 86.8 Å². The number of esters is 1. The van der Waals surface area contributed by atoms with Gasteiger partial charge in [-0.25, -0.2) is 10.2 Å². The van der Waals surface area contributed by atoms with Gasteiger partial charge in [0.15, 0.2) is 0 Å². The Morgan fingerprint density at radius 3 is 2.44 bits per heavy atom. The Bertz CT molecular complexity index is 1210. The first kappa shape index (κ1) is 21.8. The number of rotatable bonds is 4. The van der Waals surface area contributed by atoms with Crippen LogP contribution in [0.3, 0.4) is 0 Å². The van der Waals surface area contributed by atoms with Crippen LogP contribution in [0.4, 0.5) is 0 Å². The number of ether oxygens (including phenoxy) is 1. The molecule has 164 valence electrons. The van der Waals surface area contributed by atoms with E-state index in [0.29, 0.717) is 46.2 Å². The van der Waals surface area contributed by atoms with Crippen molar-refractivity contribution in [1.82, 2.24) is 5.43 Å². The lowest BCUT2D eigenvalue weighted by Gasteiger charge is -2.13. The van der Waals surface area contributed by atoms with Gasteiger partial charge in [0.05, 0.1) is 5.71 Å². The number of carbonyl (C=O) groups excluding carboxylic acids is 2. The first-order chi connectivity index (χ1) is 15.3. The van der Waals surface area contributed by atoms with Gasteiger partial charge in [-0.3, -0.25) is 4.79 Å². The molecule has 0 unspecified atom stereocenters. The molecule has 7 heteroatoms. The Labute approximate surface area is 191 Å². The fraction of sp³-hybridized carbons (Fsp3) is 0.240. The number of aryl methyl sites for hydroxylation is 3. The van der Waals surface area contributed by atoms with Crippen molar-refractivity contribution in [3.8, 4) is 5.75 Å². The summed E-state index contributed by atoms with van der Waals surface area (Å²) >= 11 is 6.20. The van der Waals surface area contributed by atoms with Gasteiger partial charge >= 0.3 is 5.97 Å². The second-order valence-corrected chi connectivity index (χ2v) is 8.21. The van der Waals surface area contributed by atoms with E-state index in [-0.39, 0.29) is 11.7 Å². The van der Waals surface area contributed by atoms with Gasteiger partial charge in [-0.2, -0.15) is 5.10 Å². The van der Waals surface area contributed by atoms with E-state index < -0.39 is 5.97 Å². The van der Waals surface area contributed by atoms with Gasteiger partial charge in [-0.1, -0.05) is 29.8 Å². The third-order valence-electron chi connectivity index (χ3n) is 5.46. The molecule has 0 bridgehead atoms. The number of benzene rings is 2. The standard InChI is InChI=1S/C25H23ClN2O4/c1-14-12-18(13-15(2)22(14)26)31-25(30)23-16(3)21-19(10-7-11-20(21)32-23)27-28-24(29)17-8-5-4-6-9-17/h4-6,8-9,12-13H,7,10-11H2,1-3H3,(H,28,29)/b27-19+. The molecular formula is C25H23ClN2O4. The van der Waals surface area contributed by atoms with Crippen LogP contribution in [0.5, 0.6) is 5.75 Å². The molecule has 1 N–H and O–H groups in total. The van der Waals surface area contributed by atoms with E-state index in [1.165, 1.54) is 0 Å². The van der Waals surface area contributed by atoms with Gasteiger partial charge in [0.2, 0.25) is 5.76 Å². The minimum atomic E-state index is -0.578. The van der Waals surface area contributed by atoms with Crippen LogP contribution in [-0.2, 0) is 6.42 Å². The lowest BCUT2D eigenvalue weighted by molar-refractivity contribution is 0.0698. The van der Waals surface area contributed by atoms with Crippen molar-refractivity contribution in [2.45, 2.75) is 40.0 Å². The van der Waals surface area contributed by atoms with E-state index in [1.807, 2.05) is 19.9 Å². The molecule has 32 heavy (non-hydrogen) atoms. The number of amides is 1. The molecule has 2 aromatic carbocycles. The quantitative estimate of drug-likeness (QED) is 0.321. The van der Waals surface area contributed by atoms with Crippen LogP contribution in [0.1, 0.15) is 61.8 Å². The van der Waals surface area contributed by atoms with Crippen LogP contribution in [0.15, 0.2) is 52.0 Å². The molecule has 1 amide bonds. The molecule has 1 aromatic heterocycles. The number of nitrogens with one attached hydrogen (secondary N) is 1. The molecule has 6 nitrogen and oxygen atoms in total. The van der Waals surface area contributed by atoms with E-state index in [4.69, 9.17) is 20.8 Å². The third kappa shape index (κ3) is 4.32. The average Bonchev–Trinajstić information content (AvgIpc) is 3.13. The van der Waals surface area contributed by atoms with Crippen LogP contribution < -0.4 is 10.2 Å². The van der Waals surface area contributed by atoms with E-state index >= 15 is 0 Å². The highest BCUT2D eigenvalue weighted by atomic mass is 35.5. The van der Waals surface area contributed by atoms with Crippen LogP contribution in [0.25, 0.3) is 0 Å². The number of furan rings is 1. The second-order valence-electron chi connectivity index (χ2n) is 7.83. The molecule has 0 fully saturated rings. The summed E-state index contributed by atoms with van der Waals surface area (Å²) < 4.78 is 11.4. The minimum absolute atomic E-state index is 0.143. The van der Waals surface area contributed by atoms with E-state index in [9.17, 15) is 9.59 Å². The molecule has 3 aromatic rings. The highest BCUT2D eigenvalue weighted by Crippen LogP contribution is 2.31. The molecular weight excluding hydrogens is 428 g/mol. The number of halogens is 1. The number of fused-ring (bicyclic) bond motifs is 1. The molecule has 1 aliphatic carbocycles. The second kappa shape index (κ2) is 9.01. The smallest absolute Gasteiger partial charge is 0.379 e. The predicted octanol–water partition coefficient (Wildman–Crippen LogP) is 5.55. The van der Waals surface area contributed by atoms with Gasteiger partial charge in [0.1, 0.15) is 11.5 Å². The van der Waals surface area contributed by atoms with Crippen LogP contribution in [0, 0.1) is 20.8 Å². The maximum absolute atomic E-state index is 12.9. The van der Waals surface area contributed by atoms with Crippen molar-refractivity contribution >= 4 is 29.2 Å². The average molecular weight is 451 g/mol. The Morgan fingerprint density at radius 1 is 1.06 bits per heavy atom. The topological polar surface area (TPSA) is 80.9 Å². The lowest BCUT2D eigenvalue weighted by Crippen LogP contribution is -2.22. The lowest BCUT2D eigenvalue weighted by atomic mass is 9.93. The third-order valence-corrected chi connectivity index (χ3v) is 6.06. The molecule has 0 atom stereocenters. The zero-order valence-electron chi connectivity index (χ0n) is 18.1. The highest BCUT2D eigenvalue weighted by molar-refractivity contribution is 6.32. The molecule has 0 radical (unpaired) electrons. The maximum atomic E-state index is 12.9. The van der Waals surface area contributed by atoms with Crippen LogP contribution in [-0.4, -0.2) is 17.6 Å². The predicted molar refractivity (Wildman–Crippen MR) is 123 cm³/mol. The van der Waals surface area contributed by atoms with Crippen LogP contribution in [0.2, 0.25) is 5.02 Å². The van der Waals surface area contributed by atoms with Gasteiger partial charge in [-0.05, 0) is 69.0 Å². The number of hydrogen-bond acceptors (Lipinski definition) is 5. The summed E-state index contributed by atoms with van der Waals surface area (Å²) in [6.45, 7) is 5.52. The molecule has 1 heterocycles. The zero-order chi connectivity index (χ0) is 22.8. The van der Waals surface area contributed by atoms with Crippen molar-refractivity contribution < 1.29 is 18.7 Å². The van der Waals surface area contributed by atoms with Gasteiger partial charge in [-0.15, -0.1) is 0 Å². The number of hydrazone groups is 1. The monoisotopic (exact) mass is 450 g/mol. The van der Waals surface area contributed by atoms with Crippen molar-refractivity contribution in [2.75, 3.05) is 0 Å². The highest BCUT2D eigenvalue weighted by Gasteiger charge is 2.29. The Hall–Kier alpha value is -3.38. The minimum Gasteiger partial charge on any atom is -0.453 e. The molecule has 0 saturated carbocycles. The summed E-state index contributed by atoms with van der Waals surface area (Å²) in [5.74, 6) is 0.360. The van der Waals surface area contributed by atoms with E-state index in [0.717, 1.165) is 23.1 Å². The molecule has 0 aliphatic heterocycles. The fourth-order valence-corrected chi connectivity index (χ4v) is 3.97. The number of nitrogens with zero attached hydrogens (tertiary/aromatic N) is 1. The first-order valence-electron chi connectivity index (χ1n) is 10.4. The molecule has 0 spiro atoms. The zero-order valence-corrected chi connectivity index (χ0v) is 18.9. The van der Waals surface area contributed by atoms with Crippen LogP contribution >= 0.6 is 11.6 Å². The van der Waals surface area contributed by atoms with Crippen molar-refractivity contribution in [3.63, 3.8) is 0 Å². The SMILES string of the molecule is Cc1cc(OC(=O)c2oc3c(c2C)/C(=N/NC(=O)c2ccccc2)CCC3)cc(C)c1Cl. The molecule has 0 saturated heterocycles. The molecule has 1 aliphatic rings. The summed E-state index contributed by atoms with van der Waals surface area (Å²) in [6.07, 6.45) is 2.17. The summed E-state index contributed by atoms with van der Waals surface area (Å²) in [6, 6.07) is 12.3. The van der Waals surface area contributed by atoms with Gasteiger partial charge in [0.25, 0.3) is 5.91 Å². The Balaban J connectivity index is 1.58. The van der Waals surface area contributed by atoms with Crippen molar-refractivity contribution in [2.24, 2.45) is 5.10 Å². The Morgan fingerprint density at radius 2 is 1.75 bits per heavy atom. The summed E-state index contributed by atoms with van der Waals surface area (Å²) in [4.78, 5) is 25.2. The number of carbonyl (C=O) groups is 2. The Kier molecular flexibility index (Phi) is 6.15. The van der Waals surface area contributed by atoms with Gasteiger partial charge in [0, 0.05) is 28.1 Å². The van der Waals surface area contributed by atoms with E-state index in [1.54, 1.807) is 43.3 Å². The summed E-state index contributed by atoms with van der Waals surface area (Å²) in [5.41, 5.74) is 6.89. The van der Waals surface area contributed by atoms with Gasteiger partial charge < -0.3 is 9.15 Å². The van der Waals surface area contributed by atoms with E-state index in [2.05, 4.69) is 10.5 Å². The fourth-order valence-electron chi connectivity index (χ4n) is 3.87. The maximum Gasteiger partial charge on any atom is 0.379 e. The van der Waals surface area contributed by atoms with Crippen molar-refractivity contribution in [1.29, 1.82) is 0 Å². The summed E-state index contributed by atoms with van der Waals surface area (Å²) in [7, 11) is 0. The normalized spacial score (nSPS) is 14.2. The number of hydrogen-bond donors (Lipinski definition) is 1. The largest absolute Gasteiger partial charge is 0.453 e. The molecule has 4 rings (SSSR count). The first-order valence-corrected chi connectivity index (χ1v) is 10.8.